The van der Waals surface area contributed by atoms with Crippen molar-refractivity contribution in [3.63, 3.8) is 0 Å². The highest BCUT2D eigenvalue weighted by molar-refractivity contribution is 9.10. The summed E-state index contributed by atoms with van der Waals surface area (Å²) in [5.41, 5.74) is 2.25. The number of hydrogen-bond donors (Lipinski definition) is 0. The van der Waals surface area contributed by atoms with Crippen molar-refractivity contribution in [1.82, 2.24) is 9.29 Å². The van der Waals surface area contributed by atoms with E-state index in [9.17, 15) is 8.42 Å². The molecule has 2 aromatic carbocycles. The van der Waals surface area contributed by atoms with Gasteiger partial charge >= 0.3 is 0 Å². The number of halogens is 2. The molecule has 0 N–H and O–H groups in total. The van der Waals surface area contributed by atoms with Crippen molar-refractivity contribution in [3.05, 3.63) is 74.1 Å². The van der Waals surface area contributed by atoms with Gasteiger partial charge in [0.1, 0.15) is 0 Å². The third-order valence-corrected chi connectivity index (χ3v) is 8.66. The molecule has 0 bridgehead atoms. The Labute approximate surface area is 191 Å². The van der Waals surface area contributed by atoms with Crippen LogP contribution in [-0.2, 0) is 16.4 Å². The fraction of sp³-hybridized carbons (Fsp3) is 0.250. The Bertz CT molecular complexity index is 1090. The summed E-state index contributed by atoms with van der Waals surface area (Å²) in [5.74, 6) is 0. The van der Waals surface area contributed by atoms with Gasteiger partial charge in [-0.2, -0.15) is 4.31 Å². The SMILES string of the molecule is O=S(=O)(c1ccc(Br)cc1)N1CCN(c2nc(Cc3cccc(Br)c3)cs2)CC1. The second kappa shape index (κ2) is 8.85. The van der Waals surface area contributed by atoms with Crippen molar-refractivity contribution in [2.45, 2.75) is 11.3 Å². The van der Waals surface area contributed by atoms with Gasteiger partial charge in [-0.1, -0.05) is 44.0 Å². The summed E-state index contributed by atoms with van der Waals surface area (Å²) >= 11 is 8.46. The van der Waals surface area contributed by atoms with E-state index in [4.69, 9.17) is 4.98 Å². The number of hydrogen-bond acceptors (Lipinski definition) is 5. The zero-order chi connectivity index (χ0) is 20.4. The van der Waals surface area contributed by atoms with Gasteiger partial charge in [-0.15, -0.1) is 11.3 Å². The average Bonchev–Trinajstić information content (AvgIpc) is 3.17. The highest BCUT2D eigenvalue weighted by Gasteiger charge is 2.29. The molecule has 1 fully saturated rings. The predicted molar refractivity (Wildman–Crippen MR) is 124 cm³/mol. The van der Waals surface area contributed by atoms with E-state index in [0.29, 0.717) is 31.1 Å². The normalized spacial score (nSPS) is 15.6. The first-order chi connectivity index (χ1) is 13.9. The lowest BCUT2D eigenvalue weighted by Crippen LogP contribution is -2.48. The average molecular weight is 557 g/mol. The number of piperazine rings is 1. The zero-order valence-corrected chi connectivity index (χ0v) is 20.3. The molecular weight excluding hydrogens is 538 g/mol. The Balaban J connectivity index is 1.40. The van der Waals surface area contributed by atoms with E-state index < -0.39 is 10.0 Å². The molecule has 0 amide bonds. The third-order valence-electron chi connectivity index (χ3n) is 4.77. The van der Waals surface area contributed by atoms with Crippen LogP contribution in [0, 0.1) is 0 Å². The molecule has 29 heavy (non-hydrogen) atoms. The molecule has 0 aliphatic carbocycles. The number of nitrogens with zero attached hydrogens (tertiary/aromatic N) is 3. The molecule has 152 valence electrons. The maximum absolute atomic E-state index is 12.9. The molecule has 1 aliphatic rings. The van der Waals surface area contributed by atoms with Crippen LogP contribution in [0.1, 0.15) is 11.3 Å². The summed E-state index contributed by atoms with van der Waals surface area (Å²) in [6.07, 6.45) is 0.786. The minimum atomic E-state index is -3.46. The second-order valence-electron chi connectivity index (χ2n) is 6.77. The number of thiazole rings is 1. The van der Waals surface area contributed by atoms with Crippen LogP contribution in [0.25, 0.3) is 0 Å². The highest BCUT2D eigenvalue weighted by atomic mass is 79.9. The summed E-state index contributed by atoms with van der Waals surface area (Å²) in [4.78, 5) is 7.27. The standard InChI is InChI=1S/C20H19Br2N3O2S2/c21-16-4-6-19(7-5-16)29(26,27)25-10-8-24(9-11-25)20-23-18(14-28-20)13-15-2-1-3-17(22)12-15/h1-7,12,14H,8-11,13H2. The van der Waals surface area contributed by atoms with Crippen molar-refractivity contribution in [2.24, 2.45) is 0 Å². The number of sulfonamides is 1. The zero-order valence-electron chi connectivity index (χ0n) is 15.5. The van der Waals surface area contributed by atoms with Crippen LogP contribution in [0.15, 0.2) is 67.8 Å². The van der Waals surface area contributed by atoms with Gasteiger partial charge in [0.15, 0.2) is 5.13 Å². The third kappa shape index (κ3) is 4.91. The molecule has 0 spiro atoms. The number of anilines is 1. The van der Waals surface area contributed by atoms with Crippen molar-refractivity contribution in [1.29, 1.82) is 0 Å². The van der Waals surface area contributed by atoms with E-state index in [1.807, 2.05) is 12.1 Å². The van der Waals surface area contributed by atoms with Gasteiger partial charge < -0.3 is 4.90 Å². The molecule has 4 rings (SSSR count). The molecular formula is C20H19Br2N3O2S2. The van der Waals surface area contributed by atoms with E-state index in [2.05, 4.69) is 54.3 Å². The van der Waals surface area contributed by atoms with Crippen LogP contribution in [0.4, 0.5) is 5.13 Å². The van der Waals surface area contributed by atoms with Crippen molar-refractivity contribution in [2.75, 3.05) is 31.1 Å². The molecule has 9 heteroatoms. The molecule has 0 atom stereocenters. The maximum Gasteiger partial charge on any atom is 0.243 e. The first-order valence-electron chi connectivity index (χ1n) is 9.11. The van der Waals surface area contributed by atoms with Gasteiger partial charge in [-0.3, -0.25) is 0 Å². The van der Waals surface area contributed by atoms with E-state index >= 15 is 0 Å². The van der Waals surface area contributed by atoms with Gasteiger partial charge in [0.25, 0.3) is 0 Å². The lowest BCUT2D eigenvalue weighted by atomic mass is 10.1. The fourth-order valence-electron chi connectivity index (χ4n) is 3.25. The predicted octanol–water partition coefficient (Wildman–Crippen LogP) is 4.77. The van der Waals surface area contributed by atoms with Crippen molar-refractivity contribution in [3.8, 4) is 0 Å². The first kappa shape index (κ1) is 21.0. The Morgan fingerprint density at radius 1 is 0.966 bits per heavy atom. The largest absolute Gasteiger partial charge is 0.345 e. The Hall–Kier alpha value is -1.26. The summed E-state index contributed by atoms with van der Waals surface area (Å²) in [5, 5.41) is 3.04. The minimum absolute atomic E-state index is 0.333. The van der Waals surface area contributed by atoms with E-state index in [-0.39, 0.29) is 0 Å². The molecule has 1 saturated heterocycles. The Kier molecular flexibility index (Phi) is 6.41. The van der Waals surface area contributed by atoms with Gasteiger partial charge in [0, 0.05) is 46.9 Å². The molecule has 3 aromatic rings. The first-order valence-corrected chi connectivity index (χ1v) is 13.0. The monoisotopic (exact) mass is 555 g/mol. The summed E-state index contributed by atoms with van der Waals surface area (Å²) in [6.45, 7) is 2.19. The van der Waals surface area contributed by atoms with E-state index in [0.717, 1.165) is 26.2 Å². The van der Waals surface area contributed by atoms with Gasteiger partial charge in [-0.25, -0.2) is 13.4 Å². The summed E-state index contributed by atoms with van der Waals surface area (Å²) in [7, 11) is -3.46. The van der Waals surface area contributed by atoms with Crippen LogP contribution in [0.2, 0.25) is 0 Å². The molecule has 0 unspecified atom stereocenters. The molecule has 0 radical (unpaired) electrons. The van der Waals surface area contributed by atoms with Crippen LogP contribution in [0.5, 0.6) is 0 Å². The van der Waals surface area contributed by atoms with Crippen LogP contribution in [-0.4, -0.2) is 43.9 Å². The highest BCUT2D eigenvalue weighted by Crippen LogP contribution is 2.26. The van der Waals surface area contributed by atoms with Gasteiger partial charge in [0.2, 0.25) is 10.0 Å². The molecule has 1 aliphatic heterocycles. The van der Waals surface area contributed by atoms with E-state index in [1.54, 1.807) is 39.9 Å². The van der Waals surface area contributed by atoms with Crippen LogP contribution >= 0.6 is 43.2 Å². The minimum Gasteiger partial charge on any atom is -0.345 e. The number of rotatable bonds is 5. The Morgan fingerprint density at radius 3 is 2.38 bits per heavy atom. The quantitative estimate of drug-likeness (QED) is 0.454. The maximum atomic E-state index is 12.9. The number of aromatic nitrogens is 1. The molecule has 0 saturated carbocycles. The van der Waals surface area contributed by atoms with E-state index in [1.165, 1.54) is 5.56 Å². The Morgan fingerprint density at radius 2 is 1.69 bits per heavy atom. The van der Waals surface area contributed by atoms with Gasteiger partial charge in [0.05, 0.1) is 10.6 Å². The molecule has 2 heterocycles. The van der Waals surface area contributed by atoms with Gasteiger partial charge in [-0.05, 0) is 42.0 Å². The fourth-order valence-corrected chi connectivity index (χ4v) is 6.27. The topological polar surface area (TPSA) is 53.5 Å². The lowest BCUT2D eigenvalue weighted by Gasteiger charge is -2.33. The smallest absolute Gasteiger partial charge is 0.243 e. The molecule has 5 nitrogen and oxygen atoms in total. The van der Waals surface area contributed by atoms with Crippen molar-refractivity contribution >= 4 is 58.4 Å². The number of benzene rings is 2. The summed E-state index contributed by atoms with van der Waals surface area (Å²) in [6, 6.07) is 15.0. The summed E-state index contributed by atoms with van der Waals surface area (Å²) < 4.78 is 29.2. The second-order valence-corrected chi connectivity index (χ2v) is 11.4. The molecule has 1 aromatic heterocycles. The van der Waals surface area contributed by atoms with Crippen LogP contribution < -0.4 is 4.90 Å². The van der Waals surface area contributed by atoms with Crippen LogP contribution in [0.3, 0.4) is 0 Å². The van der Waals surface area contributed by atoms with Crippen molar-refractivity contribution < 1.29 is 8.42 Å². The lowest BCUT2D eigenvalue weighted by molar-refractivity contribution is 0.384.